The number of ether oxygens (including phenoxy) is 2. The fraction of sp³-hybridized carbons (Fsp3) is 0.364. The Hall–Kier alpha value is -2.52. The number of benzene rings is 2. The Kier molecular flexibility index (Phi) is 7.47. The fourth-order valence-corrected chi connectivity index (χ4v) is 3.33. The van der Waals surface area contributed by atoms with E-state index in [-0.39, 0.29) is 26.3 Å². The van der Waals surface area contributed by atoms with Crippen molar-refractivity contribution in [2.24, 2.45) is 0 Å². The lowest BCUT2D eigenvalue weighted by Crippen LogP contribution is -2.24. The second-order valence-corrected chi connectivity index (χ2v) is 8.31. The first-order valence-electron chi connectivity index (χ1n) is 9.26. The van der Waals surface area contributed by atoms with Gasteiger partial charge in [-0.1, -0.05) is 38.1 Å². The number of carbonyl (C=O) groups is 2. The summed E-state index contributed by atoms with van der Waals surface area (Å²) in [5.74, 6) is 0.209. The van der Waals surface area contributed by atoms with E-state index in [4.69, 9.17) is 9.47 Å². The molecule has 0 radical (unpaired) electrons. The summed E-state index contributed by atoms with van der Waals surface area (Å²) in [6.45, 7) is 7.32. The fourth-order valence-electron chi connectivity index (χ4n) is 2.92. The van der Waals surface area contributed by atoms with Gasteiger partial charge in [0, 0.05) is 18.8 Å². The molecule has 0 aliphatic heterocycles. The average Bonchev–Trinajstić information content (AvgIpc) is 2.70. The lowest BCUT2D eigenvalue weighted by Gasteiger charge is -2.29. The van der Waals surface area contributed by atoms with E-state index in [1.165, 1.54) is 0 Å². The van der Waals surface area contributed by atoms with Crippen molar-refractivity contribution < 1.29 is 23.6 Å². The smallest absolute Gasteiger partial charge is 0.310 e. The molecular formula is C22H25O5P. The topological polar surface area (TPSA) is 69.7 Å². The molecule has 0 unspecified atom stereocenters. The molecule has 2 aromatic rings. The van der Waals surface area contributed by atoms with Crippen LogP contribution in [0.1, 0.15) is 57.6 Å². The molecule has 5 nitrogen and oxygen atoms in total. The summed E-state index contributed by atoms with van der Waals surface area (Å²) in [5, 5.41) is -0.566. The van der Waals surface area contributed by atoms with Crippen molar-refractivity contribution in [3.63, 3.8) is 0 Å². The highest BCUT2D eigenvalue weighted by Crippen LogP contribution is 2.43. The third-order valence-electron chi connectivity index (χ3n) is 4.41. The van der Waals surface area contributed by atoms with Crippen molar-refractivity contribution in [3.8, 4) is 11.5 Å². The predicted molar refractivity (Wildman–Crippen MR) is 108 cm³/mol. The van der Waals surface area contributed by atoms with Crippen molar-refractivity contribution in [2.45, 2.75) is 51.6 Å². The Bertz CT molecular complexity index is 764. The second kappa shape index (κ2) is 9.61. The van der Waals surface area contributed by atoms with Crippen LogP contribution in [0.2, 0.25) is 0 Å². The maximum atomic E-state index is 11.9. The molecule has 2 rings (SSSR count). The van der Waals surface area contributed by atoms with E-state index in [1.807, 2.05) is 38.1 Å². The summed E-state index contributed by atoms with van der Waals surface area (Å²) in [6, 6.07) is 14.5. The molecule has 0 aliphatic rings. The van der Waals surface area contributed by atoms with Crippen molar-refractivity contribution in [2.75, 3.05) is 0 Å². The largest absolute Gasteiger partial charge is 0.427 e. The molecule has 0 amide bonds. The summed E-state index contributed by atoms with van der Waals surface area (Å²) in [6.07, 6.45) is 0.614. The van der Waals surface area contributed by atoms with Crippen molar-refractivity contribution in [1.82, 2.24) is 0 Å². The number of hydrogen-bond acceptors (Lipinski definition) is 5. The molecule has 148 valence electrons. The van der Waals surface area contributed by atoms with Gasteiger partial charge in [-0.2, -0.15) is 0 Å². The Morgan fingerprint density at radius 3 is 1.46 bits per heavy atom. The van der Waals surface area contributed by atoms with Crippen LogP contribution in [-0.4, -0.2) is 17.1 Å². The Labute approximate surface area is 167 Å². The Morgan fingerprint density at radius 1 is 0.821 bits per heavy atom. The maximum Gasteiger partial charge on any atom is 0.310 e. The monoisotopic (exact) mass is 400 g/mol. The molecule has 0 saturated heterocycles. The van der Waals surface area contributed by atoms with Gasteiger partial charge >= 0.3 is 11.9 Å². The quantitative estimate of drug-likeness (QED) is 0.331. The molecule has 6 heteroatoms. The highest BCUT2D eigenvalue weighted by molar-refractivity contribution is 7.26. The van der Waals surface area contributed by atoms with Gasteiger partial charge in [0.15, 0.2) is 8.46 Å². The minimum absolute atomic E-state index is 0.0116. The lowest BCUT2D eigenvalue weighted by molar-refractivity contribution is -0.134. The van der Waals surface area contributed by atoms with E-state index in [2.05, 4.69) is 0 Å². The average molecular weight is 400 g/mol. The van der Waals surface area contributed by atoms with Gasteiger partial charge in [-0.25, -0.2) is 0 Å². The third kappa shape index (κ3) is 5.49. The number of esters is 2. The predicted octanol–water partition coefficient (Wildman–Crippen LogP) is 5.52. The van der Waals surface area contributed by atoms with E-state index in [0.29, 0.717) is 24.3 Å². The van der Waals surface area contributed by atoms with Crippen LogP contribution >= 0.6 is 8.46 Å². The zero-order valence-corrected chi connectivity index (χ0v) is 17.5. The number of hydrogen-bond donors (Lipinski definition) is 0. The van der Waals surface area contributed by atoms with Crippen LogP contribution in [0.15, 0.2) is 48.5 Å². The summed E-state index contributed by atoms with van der Waals surface area (Å²) in [4.78, 5) is 22.9. The first kappa shape index (κ1) is 21.8. The van der Waals surface area contributed by atoms with Gasteiger partial charge in [0.1, 0.15) is 11.5 Å². The van der Waals surface area contributed by atoms with Crippen molar-refractivity contribution in [3.05, 3.63) is 59.7 Å². The molecular weight excluding hydrogens is 375 g/mol. The van der Waals surface area contributed by atoms with Crippen LogP contribution in [0.3, 0.4) is 0 Å². The van der Waals surface area contributed by atoms with Crippen LogP contribution < -0.4 is 9.47 Å². The molecule has 0 spiro atoms. The molecule has 0 N–H and O–H groups in total. The molecule has 0 saturated carbocycles. The molecule has 0 aromatic heterocycles. The van der Waals surface area contributed by atoms with Gasteiger partial charge in [-0.15, -0.1) is 0 Å². The second-order valence-electron chi connectivity index (χ2n) is 6.97. The van der Waals surface area contributed by atoms with E-state index in [0.717, 1.165) is 11.1 Å². The first-order valence-corrected chi connectivity index (χ1v) is 10.1. The molecule has 0 fully saturated rings. The molecule has 0 heterocycles. The van der Waals surface area contributed by atoms with E-state index >= 15 is 0 Å². The summed E-state index contributed by atoms with van der Waals surface area (Å²) < 4.78 is 22.3. The highest BCUT2D eigenvalue weighted by atomic mass is 31.1. The van der Waals surface area contributed by atoms with Crippen LogP contribution in [0.4, 0.5) is 0 Å². The van der Waals surface area contributed by atoms with E-state index in [9.17, 15) is 14.2 Å². The minimum Gasteiger partial charge on any atom is -0.427 e. The summed E-state index contributed by atoms with van der Waals surface area (Å²) in [5.41, 5.74) is 1.89. The van der Waals surface area contributed by atoms with Crippen LogP contribution in [-0.2, 0) is 14.2 Å². The van der Waals surface area contributed by atoms with Gasteiger partial charge in [0.2, 0.25) is 0 Å². The van der Waals surface area contributed by atoms with Crippen LogP contribution in [0.5, 0.6) is 11.5 Å². The molecule has 0 bridgehead atoms. The highest BCUT2D eigenvalue weighted by Gasteiger charge is 2.33. The lowest BCUT2D eigenvalue weighted by atomic mass is 9.82. The van der Waals surface area contributed by atoms with Crippen molar-refractivity contribution in [1.29, 1.82) is 0 Å². The van der Waals surface area contributed by atoms with E-state index < -0.39 is 5.16 Å². The normalized spacial score (nSPS) is 11.5. The van der Waals surface area contributed by atoms with Gasteiger partial charge in [0.25, 0.3) is 0 Å². The van der Waals surface area contributed by atoms with Gasteiger partial charge in [0.05, 0.1) is 5.16 Å². The standard InChI is InChI=1S/C22H25O5P/c1-5-19(23)26-17-11-7-15(8-12-17)21(22(3,4)28-25)16-9-13-18(14-10-16)27-20(24)6-2/h7-14,21H,5-6H2,1-4H3. The zero-order valence-electron chi connectivity index (χ0n) is 16.6. The number of carbonyl (C=O) groups excluding carboxylic acids is 2. The van der Waals surface area contributed by atoms with Crippen LogP contribution in [0, 0.1) is 0 Å². The molecule has 2 aromatic carbocycles. The van der Waals surface area contributed by atoms with Crippen molar-refractivity contribution >= 4 is 20.4 Å². The van der Waals surface area contributed by atoms with Gasteiger partial charge < -0.3 is 9.47 Å². The molecule has 28 heavy (non-hydrogen) atoms. The first-order chi connectivity index (χ1) is 13.3. The summed E-state index contributed by atoms with van der Waals surface area (Å²) in [7, 11) is 0.0116. The number of rotatable bonds is 8. The zero-order chi connectivity index (χ0) is 20.7. The Morgan fingerprint density at radius 2 is 1.18 bits per heavy atom. The molecule has 0 aliphatic carbocycles. The maximum absolute atomic E-state index is 11.9. The van der Waals surface area contributed by atoms with Gasteiger partial charge in [-0.3, -0.25) is 14.2 Å². The summed E-state index contributed by atoms with van der Waals surface area (Å²) >= 11 is 0. The SMILES string of the molecule is CCC(=O)Oc1ccc(C(c2ccc(OC(=O)CC)cc2)C(C)(C)P=O)cc1. The minimum atomic E-state index is -0.566. The third-order valence-corrected chi connectivity index (χ3v) is 5.14. The van der Waals surface area contributed by atoms with Crippen LogP contribution in [0.25, 0.3) is 0 Å². The molecule has 0 atom stereocenters. The van der Waals surface area contributed by atoms with E-state index in [1.54, 1.807) is 38.1 Å². The Balaban J connectivity index is 2.34. The van der Waals surface area contributed by atoms with Gasteiger partial charge in [-0.05, 0) is 49.2 Å².